The lowest BCUT2D eigenvalue weighted by molar-refractivity contribution is -0.145. The molecule has 0 aliphatic rings. The lowest BCUT2D eigenvalue weighted by Crippen LogP contribution is -2.34. The number of aryl methyl sites for hydroxylation is 1. The first kappa shape index (κ1) is 15.7. The van der Waals surface area contributed by atoms with Gasteiger partial charge in [0.2, 0.25) is 0 Å². The van der Waals surface area contributed by atoms with Gasteiger partial charge in [-0.25, -0.2) is 0 Å². The monoisotopic (exact) mass is 327 g/mol. The molecule has 1 aromatic rings. The molecular weight excluding hydrogens is 310 g/mol. The number of methoxy groups -OCH3 is 1. The third-order valence-electron chi connectivity index (χ3n) is 2.92. The number of esters is 1. The zero-order valence-corrected chi connectivity index (χ0v) is 13.2. The van der Waals surface area contributed by atoms with Crippen LogP contribution in [0.4, 0.5) is 0 Å². The summed E-state index contributed by atoms with van der Waals surface area (Å²) >= 11 is 3.42. The summed E-state index contributed by atoms with van der Waals surface area (Å²) in [5.74, 6) is -0.781. The highest BCUT2D eigenvalue weighted by Gasteiger charge is 2.21. The maximum absolute atomic E-state index is 12.3. The van der Waals surface area contributed by atoms with Gasteiger partial charge < -0.3 is 9.64 Å². The van der Waals surface area contributed by atoms with E-state index in [0.29, 0.717) is 12.1 Å². The molecule has 1 rings (SSSR count). The van der Waals surface area contributed by atoms with E-state index >= 15 is 0 Å². The number of hydrogen-bond acceptors (Lipinski definition) is 3. The van der Waals surface area contributed by atoms with Crippen LogP contribution in [0.5, 0.6) is 0 Å². The average molecular weight is 328 g/mol. The Labute approximate surface area is 121 Å². The molecule has 0 saturated heterocycles. The Morgan fingerprint density at radius 1 is 1.42 bits per heavy atom. The Morgan fingerprint density at radius 3 is 2.63 bits per heavy atom. The molecule has 0 N–H and O–H groups in total. The minimum Gasteiger partial charge on any atom is -0.469 e. The molecule has 1 unspecified atom stereocenters. The number of nitrogens with zero attached hydrogens (tertiary/aromatic N) is 1. The van der Waals surface area contributed by atoms with Gasteiger partial charge in [-0.05, 0) is 34.5 Å². The van der Waals surface area contributed by atoms with Crippen LogP contribution in [0.25, 0.3) is 0 Å². The highest BCUT2D eigenvalue weighted by Crippen LogP contribution is 2.22. The summed E-state index contributed by atoms with van der Waals surface area (Å²) in [4.78, 5) is 25.2. The molecule has 1 atom stereocenters. The summed E-state index contributed by atoms with van der Waals surface area (Å²) in [6.07, 6.45) is 0. The highest BCUT2D eigenvalue weighted by atomic mass is 79.9. The molecule has 19 heavy (non-hydrogen) atoms. The Morgan fingerprint density at radius 2 is 2.05 bits per heavy atom. The smallest absolute Gasteiger partial charge is 0.310 e. The minimum atomic E-state index is -0.345. The number of hydrogen-bond donors (Lipinski definition) is 0. The largest absolute Gasteiger partial charge is 0.469 e. The Bertz CT molecular complexity index is 488. The van der Waals surface area contributed by atoms with Crippen LogP contribution >= 0.6 is 15.9 Å². The van der Waals surface area contributed by atoms with Gasteiger partial charge in [0.25, 0.3) is 5.91 Å². The molecule has 0 aliphatic heterocycles. The van der Waals surface area contributed by atoms with E-state index in [9.17, 15) is 9.59 Å². The maximum Gasteiger partial charge on any atom is 0.310 e. The number of ether oxygens (including phenoxy) is 1. The molecule has 0 saturated carbocycles. The molecule has 0 aromatic heterocycles. The van der Waals surface area contributed by atoms with Gasteiger partial charge >= 0.3 is 5.97 Å². The predicted molar refractivity (Wildman–Crippen MR) is 77.0 cm³/mol. The second-order valence-corrected chi connectivity index (χ2v) is 5.34. The number of carbonyl (C=O) groups excluding carboxylic acids is 2. The Kier molecular flexibility index (Phi) is 5.54. The van der Waals surface area contributed by atoms with Crippen LogP contribution in [0, 0.1) is 12.8 Å². The van der Waals surface area contributed by atoms with Crippen molar-refractivity contribution in [2.45, 2.75) is 13.8 Å². The van der Waals surface area contributed by atoms with E-state index in [1.165, 1.54) is 12.0 Å². The van der Waals surface area contributed by atoms with Crippen molar-refractivity contribution < 1.29 is 14.3 Å². The number of amides is 1. The van der Waals surface area contributed by atoms with Gasteiger partial charge in [0.15, 0.2) is 0 Å². The summed E-state index contributed by atoms with van der Waals surface area (Å²) < 4.78 is 5.44. The third kappa shape index (κ3) is 3.80. The molecule has 4 nitrogen and oxygen atoms in total. The summed E-state index contributed by atoms with van der Waals surface area (Å²) in [5.41, 5.74) is 1.60. The van der Waals surface area contributed by atoms with Gasteiger partial charge in [0.1, 0.15) is 0 Å². The van der Waals surface area contributed by atoms with Crippen LogP contribution in [0.15, 0.2) is 22.7 Å². The first-order valence-electron chi connectivity index (χ1n) is 5.96. The van der Waals surface area contributed by atoms with Crippen molar-refractivity contribution >= 4 is 27.8 Å². The molecule has 0 bridgehead atoms. The van der Waals surface area contributed by atoms with Crippen LogP contribution in [-0.2, 0) is 9.53 Å². The van der Waals surface area contributed by atoms with E-state index in [1.54, 1.807) is 20.0 Å². The fraction of sp³-hybridized carbons (Fsp3) is 0.429. The van der Waals surface area contributed by atoms with E-state index in [-0.39, 0.29) is 17.8 Å². The van der Waals surface area contributed by atoms with Crippen molar-refractivity contribution in [2.75, 3.05) is 20.7 Å². The van der Waals surface area contributed by atoms with Crippen LogP contribution in [0.3, 0.4) is 0 Å². The number of rotatable bonds is 4. The van der Waals surface area contributed by atoms with Crippen molar-refractivity contribution in [3.05, 3.63) is 33.8 Å². The van der Waals surface area contributed by atoms with Crippen molar-refractivity contribution in [1.82, 2.24) is 4.90 Å². The van der Waals surface area contributed by atoms with Crippen LogP contribution in [0.2, 0.25) is 0 Å². The van der Waals surface area contributed by atoms with E-state index in [1.807, 2.05) is 19.1 Å². The second kappa shape index (κ2) is 6.70. The predicted octanol–water partition coefficient (Wildman–Crippen LogP) is 2.64. The topological polar surface area (TPSA) is 46.6 Å². The molecule has 0 fully saturated rings. The van der Waals surface area contributed by atoms with Gasteiger partial charge in [0.05, 0.1) is 18.6 Å². The SMILES string of the molecule is COC(=O)C(C)CN(C)C(=O)c1cccc(C)c1Br. The molecule has 104 valence electrons. The van der Waals surface area contributed by atoms with Crippen molar-refractivity contribution in [2.24, 2.45) is 5.92 Å². The van der Waals surface area contributed by atoms with Crippen molar-refractivity contribution in [3.8, 4) is 0 Å². The molecular formula is C14H18BrNO3. The average Bonchev–Trinajstić information content (AvgIpc) is 2.39. The fourth-order valence-electron chi connectivity index (χ4n) is 1.79. The normalized spacial score (nSPS) is 11.8. The van der Waals surface area contributed by atoms with E-state index in [2.05, 4.69) is 20.7 Å². The zero-order chi connectivity index (χ0) is 14.6. The molecule has 0 heterocycles. The fourth-order valence-corrected chi connectivity index (χ4v) is 2.22. The van der Waals surface area contributed by atoms with Crippen molar-refractivity contribution in [1.29, 1.82) is 0 Å². The summed E-state index contributed by atoms with van der Waals surface area (Å²) in [7, 11) is 3.02. The molecule has 1 amide bonds. The Hall–Kier alpha value is -1.36. The van der Waals surface area contributed by atoms with Gasteiger partial charge in [-0.3, -0.25) is 9.59 Å². The first-order chi connectivity index (χ1) is 8.88. The minimum absolute atomic E-state index is 0.119. The molecule has 0 aliphatic carbocycles. The van der Waals surface area contributed by atoms with E-state index < -0.39 is 0 Å². The van der Waals surface area contributed by atoms with Crippen LogP contribution < -0.4 is 0 Å². The molecule has 0 spiro atoms. The quantitative estimate of drug-likeness (QED) is 0.799. The number of benzene rings is 1. The lowest BCUT2D eigenvalue weighted by Gasteiger charge is -2.21. The van der Waals surface area contributed by atoms with Gasteiger partial charge in [-0.1, -0.05) is 19.1 Å². The van der Waals surface area contributed by atoms with Gasteiger partial charge in [0, 0.05) is 18.1 Å². The lowest BCUT2D eigenvalue weighted by atomic mass is 10.1. The summed E-state index contributed by atoms with van der Waals surface area (Å²) in [6, 6.07) is 5.53. The molecule has 1 aromatic carbocycles. The van der Waals surface area contributed by atoms with Gasteiger partial charge in [-0.15, -0.1) is 0 Å². The van der Waals surface area contributed by atoms with Crippen LogP contribution in [0.1, 0.15) is 22.8 Å². The van der Waals surface area contributed by atoms with Crippen molar-refractivity contribution in [3.63, 3.8) is 0 Å². The maximum atomic E-state index is 12.3. The Balaban J connectivity index is 2.83. The molecule has 5 heteroatoms. The van der Waals surface area contributed by atoms with E-state index in [0.717, 1.165) is 10.0 Å². The number of halogens is 1. The third-order valence-corrected chi connectivity index (χ3v) is 3.97. The summed E-state index contributed by atoms with van der Waals surface area (Å²) in [6.45, 7) is 3.99. The molecule has 0 radical (unpaired) electrons. The zero-order valence-electron chi connectivity index (χ0n) is 11.6. The highest BCUT2D eigenvalue weighted by molar-refractivity contribution is 9.10. The van der Waals surface area contributed by atoms with E-state index in [4.69, 9.17) is 0 Å². The van der Waals surface area contributed by atoms with Gasteiger partial charge in [-0.2, -0.15) is 0 Å². The van der Waals surface area contributed by atoms with Crippen LogP contribution in [-0.4, -0.2) is 37.5 Å². The standard InChI is InChI=1S/C14H18BrNO3/c1-9-6-5-7-11(12(9)15)13(17)16(3)8-10(2)14(18)19-4/h5-7,10H,8H2,1-4H3. The second-order valence-electron chi connectivity index (χ2n) is 4.55. The number of carbonyl (C=O) groups is 2. The summed E-state index contributed by atoms with van der Waals surface area (Å²) in [5, 5.41) is 0. The first-order valence-corrected chi connectivity index (χ1v) is 6.76.